The maximum absolute atomic E-state index is 11.9. The summed E-state index contributed by atoms with van der Waals surface area (Å²) in [5, 5.41) is 8.70. The molecule has 0 aliphatic rings. The number of carboxylic acid groups (broad SMARTS) is 1. The van der Waals surface area contributed by atoms with E-state index in [2.05, 4.69) is 4.72 Å². The summed E-state index contributed by atoms with van der Waals surface area (Å²) < 4.78 is 30.9. The molecule has 0 unspecified atom stereocenters. The van der Waals surface area contributed by atoms with Gasteiger partial charge in [0.2, 0.25) is 10.0 Å². The van der Waals surface area contributed by atoms with E-state index in [1.54, 1.807) is 19.9 Å². The maximum atomic E-state index is 11.9. The smallest absolute Gasteiger partial charge is 0.341 e. The molecule has 0 bridgehead atoms. The van der Waals surface area contributed by atoms with Gasteiger partial charge in [0.25, 0.3) is 0 Å². The number of aryl methyl sites for hydroxylation is 1. The summed E-state index contributed by atoms with van der Waals surface area (Å²) >= 11 is 1.13. The van der Waals surface area contributed by atoms with E-state index in [4.69, 9.17) is 9.84 Å². The van der Waals surface area contributed by atoms with E-state index < -0.39 is 22.0 Å². The van der Waals surface area contributed by atoms with Gasteiger partial charge in [-0.05, 0) is 26.3 Å². The molecule has 0 spiro atoms. The highest BCUT2D eigenvalue weighted by atomic mass is 32.2. The van der Waals surface area contributed by atoms with Crippen LogP contribution in [-0.2, 0) is 19.6 Å². The summed E-state index contributed by atoms with van der Waals surface area (Å²) in [5.41, 5.74) is 0.168. The van der Waals surface area contributed by atoms with Crippen LogP contribution in [0.1, 0.15) is 35.0 Å². The number of esters is 1. The summed E-state index contributed by atoms with van der Waals surface area (Å²) in [7, 11) is -3.70. The third-order valence-electron chi connectivity index (χ3n) is 2.40. The Morgan fingerprint density at radius 2 is 2.10 bits per heavy atom. The number of thiophene rings is 1. The first kappa shape index (κ1) is 17.4. The highest BCUT2D eigenvalue weighted by Gasteiger charge is 2.20. The number of anilines is 1. The number of hydrogen-bond acceptors (Lipinski definition) is 6. The Hall–Kier alpha value is -1.61. The average molecular weight is 335 g/mol. The van der Waals surface area contributed by atoms with Gasteiger partial charge < -0.3 is 9.84 Å². The van der Waals surface area contributed by atoms with Crippen molar-refractivity contribution in [3.8, 4) is 0 Å². The number of carbonyl (C=O) groups excluding carboxylic acids is 1. The van der Waals surface area contributed by atoms with E-state index in [1.165, 1.54) is 0 Å². The summed E-state index contributed by atoms with van der Waals surface area (Å²) in [6.45, 7) is 3.60. The predicted octanol–water partition coefficient (Wildman–Crippen LogP) is 1.84. The number of ether oxygens (including phenoxy) is 1. The van der Waals surface area contributed by atoms with Crippen molar-refractivity contribution in [3.05, 3.63) is 16.5 Å². The zero-order valence-corrected chi connectivity index (χ0v) is 13.3. The van der Waals surface area contributed by atoms with Gasteiger partial charge in [0.05, 0.1) is 17.9 Å². The molecule has 2 N–H and O–H groups in total. The molecule has 1 aromatic rings. The second kappa shape index (κ2) is 7.41. The van der Waals surface area contributed by atoms with Crippen molar-refractivity contribution < 1.29 is 27.9 Å². The second-order valence-corrected chi connectivity index (χ2v) is 7.34. The lowest BCUT2D eigenvalue weighted by Crippen LogP contribution is -2.18. The van der Waals surface area contributed by atoms with E-state index in [-0.39, 0.29) is 35.8 Å². The van der Waals surface area contributed by atoms with Crippen LogP contribution in [0.15, 0.2) is 6.07 Å². The van der Waals surface area contributed by atoms with Gasteiger partial charge in [-0.15, -0.1) is 11.3 Å². The van der Waals surface area contributed by atoms with E-state index in [0.29, 0.717) is 0 Å². The van der Waals surface area contributed by atoms with Gasteiger partial charge in [-0.1, -0.05) is 0 Å². The van der Waals surface area contributed by atoms with Crippen LogP contribution < -0.4 is 4.72 Å². The van der Waals surface area contributed by atoms with E-state index >= 15 is 0 Å². The molecule has 0 radical (unpaired) electrons. The molecule has 0 aromatic carbocycles. The van der Waals surface area contributed by atoms with Crippen LogP contribution in [0.2, 0.25) is 0 Å². The first-order valence-electron chi connectivity index (χ1n) is 6.25. The first-order chi connectivity index (χ1) is 9.75. The largest absolute Gasteiger partial charge is 0.481 e. The fourth-order valence-corrected chi connectivity index (χ4v) is 3.87. The lowest BCUT2D eigenvalue weighted by atomic mass is 10.3. The Labute approximate surface area is 127 Å². The van der Waals surface area contributed by atoms with Crippen LogP contribution in [0.5, 0.6) is 0 Å². The maximum Gasteiger partial charge on any atom is 0.341 e. The Morgan fingerprint density at radius 1 is 1.43 bits per heavy atom. The van der Waals surface area contributed by atoms with Crippen LogP contribution >= 0.6 is 11.3 Å². The molecule has 0 atom stereocenters. The quantitative estimate of drug-likeness (QED) is 0.702. The molecule has 1 rings (SSSR count). The molecule has 0 amide bonds. The number of carbonyl (C=O) groups is 2. The zero-order valence-electron chi connectivity index (χ0n) is 11.7. The molecule has 0 fully saturated rings. The van der Waals surface area contributed by atoms with Crippen LogP contribution in [0.3, 0.4) is 0 Å². The summed E-state index contributed by atoms with van der Waals surface area (Å²) in [6, 6.07) is 1.55. The van der Waals surface area contributed by atoms with E-state index in [0.717, 1.165) is 16.2 Å². The highest BCUT2D eigenvalue weighted by molar-refractivity contribution is 7.92. The van der Waals surface area contributed by atoms with Crippen LogP contribution in [-0.4, -0.2) is 37.8 Å². The molecule has 21 heavy (non-hydrogen) atoms. The monoisotopic (exact) mass is 335 g/mol. The third kappa shape index (κ3) is 5.72. The lowest BCUT2D eigenvalue weighted by molar-refractivity contribution is -0.137. The fourth-order valence-electron chi connectivity index (χ4n) is 1.56. The van der Waals surface area contributed by atoms with Gasteiger partial charge in [-0.25, -0.2) is 13.2 Å². The average Bonchev–Trinajstić information content (AvgIpc) is 2.68. The highest BCUT2D eigenvalue weighted by Crippen LogP contribution is 2.29. The van der Waals surface area contributed by atoms with Crippen molar-refractivity contribution in [2.24, 2.45) is 0 Å². The van der Waals surface area contributed by atoms with Gasteiger partial charge in [-0.2, -0.15) is 0 Å². The van der Waals surface area contributed by atoms with Crippen molar-refractivity contribution in [2.75, 3.05) is 17.1 Å². The Bertz CT molecular complexity index is 620. The molecule has 0 saturated carbocycles. The molecule has 7 nitrogen and oxygen atoms in total. The molecule has 118 valence electrons. The minimum Gasteiger partial charge on any atom is -0.481 e. The molecule has 0 aliphatic heterocycles. The molecular formula is C12H17NO6S2. The lowest BCUT2D eigenvalue weighted by Gasteiger charge is -2.07. The van der Waals surface area contributed by atoms with Crippen LogP contribution in [0, 0.1) is 6.92 Å². The van der Waals surface area contributed by atoms with Gasteiger partial charge in [-0.3, -0.25) is 9.52 Å². The number of rotatable bonds is 8. The van der Waals surface area contributed by atoms with Crippen LogP contribution in [0.4, 0.5) is 5.00 Å². The number of hydrogen-bond donors (Lipinski definition) is 2. The van der Waals surface area contributed by atoms with Crippen molar-refractivity contribution in [1.82, 2.24) is 0 Å². The minimum atomic E-state index is -3.70. The molecular weight excluding hydrogens is 318 g/mol. The van der Waals surface area contributed by atoms with Crippen molar-refractivity contribution >= 4 is 38.3 Å². The zero-order chi connectivity index (χ0) is 16.0. The van der Waals surface area contributed by atoms with Crippen molar-refractivity contribution in [1.29, 1.82) is 0 Å². The predicted molar refractivity (Wildman–Crippen MR) is 79.3 cm³/mol. The van der Waals surface area contributed by atoms with Crippen LogP contribution in [0.25, 0.3) is 0 Å². The molecule has 0 aliphatic carbocycles. The number of aliphatic carboxylic acids is 1. The Balaban J connectivity index is 2.82. The Morgan fingerprint density at radius 3 is 2.67 bits per heavy atom. The molecule has 9 heteroatoms. The van der Waals surface area contributed by atoms with Gasteiger partial charge in [0, 0.05) is 11.3 Å². The second-order valence-electron chi connectivity index (χ2n) is 4.24. The SMILES string of the molecule is CCOC(=O)c1cc(C)sc1NS(=O)(=O)CCCC(=O)O. The van der Waals surface area contributed by atoms with E-state index in [1.807, 2.05) is 0 Å². The van der Waals surface area contributed by atoms with Crippen molar-refractivity contribution in [3.63, 3.8) is 0 Å². The standard InChI is InChI=1S/C12H17NO6S2/c1-3-19-12(16)9-7-8(2)20-11(9)13-21(17,18)6-4-5-10(14)15/h7,13H,3-6H2,1-2H3,(H,14,15). The fraction of sp³-hybridized carbons (Fsp3) is 0.500. The normalized spacial score (nSPS) is 11.1. The molecule has 0 saturated heterocycles. The van der Waals surface area contributed by atoms with E-state index in [9.17, 15) is 18.0 Å². The summed E-state index contributed by atoms with van der Waals surface area (Å²) in [6.07, 6.45) is -0.223. The van der Waals surface area contributed by atoms with Crippen molar-refractivity contribution in [2.45, 2.75) is 26.7 Å². The number of sulfonamides is 1. The summed E-state index contributed by atoms with van der Waals surface area (Å²) in [4.78, 5) is 22.9. The topological polar surface area (TPSA) is 110 Å². The minimum absolute atomic E-state index is 0.00373. The van der Waals surface area contributed by atoms with Gasteiger partial charge in [0.1, 0.15) is 5.00 Å². The third-order valence-corrected chi connectivity index (χ3v) is 4.84. The summed E-state index contributed by atoms with van der Waals surface area (Å²) in [5.74, 6) is -1.96. The van der Waals surface area contributed by atoms with Gasteiger partial charge in [0.15, 0.2) is 0 Å². The van der Waals surface area contributed by atoms with Gasteiger partial charge >= 0.3 is 11.9 Å². The molecule has 1 heterocycles. The Kier molecular flexibility index (Phi) is 6.16. The molecule has 1 aromatic heterocycles. The number of nitrogens with one attached hydrogen (secondary N) is 1. The first-order valence-corrected chi connectivity index (χ1v) is 8.72. The number of carboxylic acids is 1.